The van der Waals surface area contributed by atoms with Crippen LogP contribution in [-0.4, -0.2) is 38.3 Å². The highest BCUT2D eigenvalue weighted by Gasteiger charge is 2.23. The van der Waals surface area contributed by atoms with E-state index in [-0.39, 0.29) is 0 Å². The van der Waals surface area contributed by atoms with E-state index in [1.165, 1.54) is 0 Å². The van der Waals surface area contributed by atoms with Crippen LogP contribution in [0.3, 0.4) is 0 Å². The smallest absolute Gasteiger partial charge is 0.244 e. The second-order valence-electron chi connectivity index (χ2n) is 4.22. The molecule has 0 saturated carbocycles. The number of rotatable bonds is 7. The van der Waals surface area contributed by atoms with Crippen molar-refractivity contribution < 1.29 is 8.42 Å². The third-order valence-corrected chi connectivity index (χ3v) is 4.41. The first-order valence-corrected chi connectivity index (χ1v) is 7.60. The average Bonchev–Trinajstić information content (AvgIpc) is 2.59. The fraction of sp³-hybridized carbons (Fsp3) is 0.727. The lowest BCUT2D eigenvalue weighted by atomic mass is 10.4. The van der Waals surface area contributed by atoms with E-state index in [1.807, 2.05) is 14.0 Å². The molecule has 0 fully saturated rings. The van der Waals surface area contributed by atoms with Gasteiger partial charge in [0, 0.05) is 13.1 Å². The Morgan fingerprint density at radius 1 is 1.28 bits per heavy atom. The molecular weight excluding hydrogens is 252 g/mol. The van der Waals surface area contributed by atoms with Crippen LogP contribution in [0.5, 0.6) is 0 Å². The summed E-state index contributed by atoms with van der Waals surface area (Å²) in [5.74, 6) is 0. The molecule has 0 aliphatic carbocycles. The summed E-state index contributed by atoms with van der Waals surface area (Å²) in [5.41, 5.74) is 1.23. The molecule has 0 radical (unpaired) electrons. The van der Waals surface area contributed by atoms with Crippen molar-refractivity contribution in [3.63, 3.8) is 0 Å². The van der Waals surface area contributed by atoms with Crippen LogP contribution >= 0.6 is 0 Å². The molecular formula is C11H22N4O2S. The van der Waals surface area contributed by atoms with Gasteiger partial charge in [0.25, 0.3) is 0 Å². The van der Waals surface area contributed by atoms with E-state index < -0.39 is 10.0 Å². The predicted octanol–water partition coefficient (Wildman–Crippen LogP) is 0.408. The molecule has 2 N–H and O–H groups in total. The largest absolute Gasteiger partial charge is 0.318 e. The maximum absolute atomic E-state index is 12.1. The Kier molecular flexibility index (Phi) is 5.30. The Morgan fingerprint density at radius 2 is 1.94 bits per heavy atom. The van der Waals surface area contributed by atoms with Gasteiger partial charge in [-0.3, -0.25) is 4.68 Å². The Bertz CT molecular complexity index is 493. The molecule has 6 nitrogen and oxygen atoms in total. The summed E-state index contributed by atoms with van der Waals surface area (Å²) >= 11 is 0. The van der Waals surface area contributed by atoms with Crippen LogP contribution < -0.4 is 10.0 Å². The van der Waals surface area contributed by atoms with Gasteiger partial charge < -0.3 is 5.32 Å². The SMILES string of the molecule is CCCNS(=O)(=O)c1c(C)nn(CCNC)c1C. The van der Waals surface area contributed by atoms with E-state index >= 15 is 0 Å². The fourth-order valence-corrected chi connectivity index (χ4v) is 3.35. The van der Waals surface area contributed by atoms with Crippen molar-refractivity contribution in [3.8, 4) is 0 Å². The van der Waals surface area contributed by atoms with Gasteiger partial charge in [-0.05, 0) is 27.3 Å². The fourth-order valence-electron chi connectivity index (χ4n) is 1.81. The van der Waals surface area contributed by atoms with Crippen LogP contribution in [0, 0.1) is 13.8 Å². The number of aryl methyl sites for hydroxylation is 1. The van der Waals surface area contributed by atoms with Gasteiger partial charge in [-0.25, -0.2) is 13.1 Å². The molecule has 0 aliphatic heterocycles. The van der Waals surface area contributed by atoms with Gasteiger partial charge in [-0.1, -0.05) is 6.92 Å². The molecule has 1 rings (SSSR count). The van der Waals surface area contributed by atoms with E-state index in [0.29, 0.717) is 29.4 Å². The van der Waals surface area contributed by atoms with Crippen molar-refractivity contribution in [2.24, 2.45) is 0 Å². The Hall–Kier alpha value is -0.920. The van der Waals surface area contributed by atoms with E-state index in [2.05, 4.69) is 15.1 Å². The standard InChI is InChI=1S/C11H22N4O2S/c1-5-6-13-18(16,17)11-9(2)14-15(10(11)3)8-7-12-4/h12-13H,5-8H2,1-4H3. The van der Waals surface area contributed by atoms with Crippen LogP contribution in [0.25, 0.3) is 0 Å². The van der Waals surface area contributed by atoms with Gasteiger partial charge in [-0.2, -0.15) is 5.10 Å². The number of nitrogens with zero attached hydrogens (tertiary/aromatic N) is 2. The number of hydrogen-bond donors (Lipinski definition) is 2. The highest BCUT2D eigenvalue weighted by Crippen LogP contribution is 2.18. The number of likely N-dealkylation sites (N-methyl/N-ethyl adjacent to an activating group) is 1. The minimum absolute atomic E-state index is 0.312. The highest BCUT2D eigenvalue weighted by atomic mass is 32.2. The molecule has 0 spiro atoms. The van der Waals surface area contributed by atoms with Crippen molar-refractivity contribution in [2.75, 3.05) is 20.1 Å². The maximum atomic E-state index is 12.1. The summed E-state index contributed by atoms with van der Waals surface area (Å²) in [6, 6.07) is 0. The summed E-state index contributed by atoms with van der Waals surface area (Å²) < 4.78 is 28.6. The van der Waals surface area contributed by atoms with Crippen LogP contribution in [0.2, 0.25) is 0 Å². The van der Waals surface area contributed by atoms with Crippen molar-refractivity contribution in [2.45, 2.75) is 38.6 Å². The zero-order chi connectivity index (χ0) is 13.8. The molecule has 0 aromatic carbocycles. The van der Waals surface area contributed by atoms with Crippen LogP contribution in [0.15, 0.2) is 4.90 Å². The molecule has 1 heterocycles. The van der Waals surface area contributed by atoms with E-state index in [0.717, 1.165) is 13.0 Å². The van der Waals surface area contributed by atoms with E-state index in [1.54, 1.807) is 18.5 Å². The van der Waals surface area contributed by atoms with Gasteiger partial charge in [0.15, 0.2) is 0 Å². The first-order valence-electron chi connectivity index (χ1n) is 6.12. The van der Waals surface area contributed by atoms with Gasteiger partial charge in [-0.15, -0.1) is 0 Å². The summed E-state index contributed by atoms with van der Waals surface area (Å²) in [6.45, 7) is 7.30. The van der Waals surface area contributed by atoms with Gasteiger partial charge in [0.2, 0.25) is 10.0 Å². The Balaban J connectivity index is 3.05. The molecule has 0 atom stereocenters. The van der Waals surface area contributed by atoms with E-state index in [4.69, 9.17) is 0 Å². The zero-order valence-corrected chi connectivity index (χ0v) is 12.3. The number of aromatic nitrogens is 2. The van der Waals surface area contributed by atoms with Crippen LogP contribution in [0.1, 0.15) is 24.7 Å². The molecule has 0 unspecified atom stereocenters. The number of sulfonamides is 1. The summed E-state index contributed by atoms with van der Waals surface area (Å²) in [5, 5.41) is 7.30. The summed E-state index contributed by atoms with van der Waals surface area (Å²) in [4.78, 5) is 0.312. The second-order valence-corrected chi connectivity index (χ2v) is 5.93. The van der Waals surface area contributed by atoms with E-state index in [9.17, 15) is 8.42 Å². The topological polar surface area (TPSA) is 76.0 Å². The molecule has 0 aliphatic rings. The molecule has 104 valence electrons. The first-order chi connectivity index (χ1) is 8.44. The average molecular weight is 274 g/mol. The predicted molar refractivity (Wildman–Crippen MR) is 71.1 cm³/mol. The van der Waals surface area contributed by atoms with Crippen molar-refractivity contribution in [1.82, 2.24) is 19.8 Å². The minimum Gasteiger partial charge on any atom is -0.318 e. The van der Waals surface area contributed by atoms with Gasteiger partial charge in [0.1, 0.15) is 4.90 Å². The maximum Gasteiger partial charge on any atom is 0.244 e. The third-order valence-electron chi connectivity index (χ3n) is 2.70. The molecule has 18 heavy (non-hydrogen) atoms. The second kappa shape index (κ2) is 6.31. The summed E-state index contributed by atoms with van der Waals surface area (Å²) in [6.07, 6.45) is 0.769. The van der Waals surface area contributed by atoms with Crippen LogP contribution in [-0.2, 0) is 16.6 Å². The van der Waals surface area contributed by atoms with Gasteiger partial charge >= 0.3 is 0 Å². The lowest BCUT2D eigenvalue weighted by molar-refractivity contribution is 0.563. The van der Waals surface area contributed by atoms with Crippen molar-refractivity contribution >= 4 is 10.0 Å². The normalized spacial score (nSPS) is 12.0. The molecule has 1 aromatic rings. The number of hydrogen-bond acceptors (Lipinski definition) is 4. The Morgan fingerprint density at radius 3 is 2.50 bits per heavy atom. The van der Waals surface area contributed by atoms with Gasteiger partial charge in [0.05, 0.1) is 17.9 Å². The molecule has 1 aromatic heterocycles. The summed E-state index contributed by atoms with van der Waals surface area (Å²) in [7, 11) is -1.59. The van der Waals surface area contributed by atoms with Crippen LogP contribution in [0.4, 0.5) is 0 Å². The lowest BCUT2D eigenvalue weighted by Crippen LogP contribution is -2.25. The third kappa shape index (κ3) is 3.30. The van der Waals surface area contributed by atoms with Crippen molar-refractivity contribution in [3.05, 3.63) is 11.4 Å². The monoisotopic (exact) mass is 274 g/mol. The molecule has 0 saturated heterocycles. The zero-order valence-electron chi connectivity index (χ0n) is 11.4. The first kappa shape index (κ1) is 15.1. The molecule has 7 heteroatoms. The number of nitrogens with one attached hydrogen (secondary N) is 2. The molecule has 0 amide bonds. The van der Waals surface area contributed by atoms with Crippen molar-refractivity contribution in [1.29, 1.82) is 0 Å². The lowest BCUT2D eigenvalue weighted by Gasteiger charge is -2.07. The Labute approximate surface area is 109 Å². The quantitative estimate of drug-likeness (QED) is 0.755. The highest BCUT2D eigenvalue weighted by molar-refractivity contribution is 7.89. The minimum atomic E-state index is -3.44. The molecule has 0 bridgehead atoms.